The number of ether oxygens (including phenoxy) is 1. The number of aromatic nitrogens is 1. The maximum absolute atomic E-state index is 12.6. The number of hydrogen-bond acceptors (Lipinski definition) is 5. The molecule has 0 saturated carbocycles. The first-order chi connectivity index (χ1) is 15.5. The molecule has 0 saturated heterocycles. The highest BCUT2D eigenvalue weighted by molar-refractivity contribution is 7.89. The molecular formula is C25H26N2O4S. The van der Waals surface area contributed by atoms with E-state index in [9.17, 15) is 13.2 Å². The van der Waals surface area contributed by atoms with Crippen LogP contribution < -0.4 is 4.74 Å². The molecule has 3 aromatic rings. The highest BCUT2D eigenvalue weighted by Crippen LogP contribution is 2.22. The Hall–Kier alpha value is -3.29. The molecule has 0 atom stereocenters. The van der Waals surface area contributed by atoms with E-state index in [0.29, 0.717) is 31.0 Å². The molecule has 0 fully saturated rings. The van der Waals surface area contributed by atoms with Crippen LogP contribution in [0.3, 0.4) is 0 Å². The highest BCUT2D eigenvalue weighted by atomic mass is 32.2. The van der Waals surface area contributed by atoms with Gasteiger partial charge in [0, 0.05) is 42.2 Å². The van der Waals surface area contributed by atoms with Crippen molar-refractivity contribution in [1.82, 2.24) is 9.29 Å². The predicted molar refractivity (Wildman–Crippen MR) is 125 cm³/mol. The van der Waals surface area contributed by atoms with Crippen LogP contribution in [0.4, 0.5) is 0 Å². The van der Waals surface area contributed by atoms with Crippen molar-refractivity contribution >= 4 is 21.9 Å². The largest absolute Gasteiger partial charge is 0.488 e. The summed E-state index contributed by atoms with van der Waals surface area (Å²) in [5.41, 5.74) is 2.13. The minimum absolute atomic E-state index is 0.177. The van der Waals surface area contributed by atoms with Crippen molar-refractivity contribution in [2.24, 2.45) is 0 Å². The van der Waals surface area contributed by atoms with E-state index in [-0.39, 0.29) is 10.7 Å². The molecule has 166 valence electrons. The second-order valence-corrected chi connectivity index (χ2v) is 8.94. The minimum atomic E-state index is -3.55. The lowest BCUT2D eigenvalue weighted by Crippen LogP contribution is -2.30. The van der Waals surface area contributed by atoms with Gasteiger partial charge >= 0.3 is 0 Å². The summed E-state index contributed by atoms with van der Waals surface area (Å²) in [6, 6.07) is 17.2. The van der Waals surface area contributed by atoms with Gasteiger partial charge in [0.05, 0.1) is 4.90 Å². The van der Waals surface area contributed by atoms with Crippen molar-refractivity contribution in [1.29, 1.82) is 0 Å². The minimum Gasteiger partial charge on any atom is -0.488 e. The van der Waals surface area contributed by atoms with Crippen LogP contribution in [0.5, 0.6) is 5.75 Å². The molecule has 0 spiro atoms. The first kappa shape index (κ1) is 23.4. The number of ketones is 1. The molecule has 0 bridgehead atoms. The SMILES string of the molecule is CCN(CC)S(=O)(=O)c1ccc(C(=O)/C=C/c2ccccc2OCc2cccnc2)cc1. The first-order valence-electron chi connectivity index (χ1n) is 10.4. The number of hydrogen-bond donors (Lipinski definition) is 0. The van der Waals surface area contributed by atoms with Gasteiger partial charge in [-0.25, -0.2) is 8.42 Å². The summed E-state index contributed by atoms with van der Waals surface area (Å²) in [5.74, 6) is 0.430. The third kappa shape index (κ3) is 5.69. The van der Waals surface area contributed by atoms with Gasteiger partial charge < -0.3 is 4.74 Å². The van der Waals surface area contributed by atoms with E-state index in [1.807, 2.05) is 36.4 Å². The Bertz CT molecular complexity index is 1170. The highest BCUT2D eigenvalue weighted by Gasteiger charge is 2.21. The van der Waals surface area contributed by atoms with Gasteiger partial charge in [0.15, 0.2) is 5.78 Å². The van der Waals surface area contributed by atoms with E-state index >= 15 is 0 Å². The first-order valence-corrected chi connectivity index (χ1v) is 11.8. The molecule has 7 heteroatoms. The number of sulfonamides is 1. The van der Waals surface area contributed by atoms with Crippen LogP contribution in [-0.2, 0) is 16.6 Å². The number of nitrogens with zero attached hydrogens (tertiary/aromatic N) is 2. The number of benzene rings is 2. The van der Waals surface area contributed by atoms with Gasteiger partial charge in [-0.05, 0) is 48.6 Å². The van der Waals surface area contributed by atoms with E-state index < -0.39 is 10.0 Å². The maximum atomic E-state index is 12.6. The number of rotatable bonds is 10. The summed E-state index contributed by atoms with van der Waals surface area (Å²) in [5, 5.41) is 0. The fourth-order valence-corrected chi connectivity index (χ4v) is 4.62. The molecule has 0 aliphatic heterocycles. The summed E-state index contributed by atoms with van der Waals surface area (Å²) in [7, 11) is -3.55. The van der Waals surface area contributed by atoms with Gasteiger partial charge in [0.25, 0.3) is 0 Å². The number of carbonyl (C=O) groups is 1. The smallest absolute Gasteiger partial charge is 0.243 e. The fraction of sp³-hybridized carbons (Fsp3) is 0.200. The zero-order valence-electron chi connectivity index (χ0n) is 18.1. The third-order valence-electron chi connectivity index (χ3n) is 4.93. The number of pyridine rings is 1. The normalized spacial score (nSPS) is 11.7. The van der Waals surface area contributed by atoms with Crippen LogP contribution >= 0.6 is 0 Å². The van der Waals surface area contributed by atoms with E-state index in [1.54, 1.807) is 32.3 Å². The Morgan fingerprint density at radius 2 is 1.72 bits per heavy atom. The van der Waals surface area contributed by atoms with Crippen LogP contribution in [0, 0.1) is 0 Å². The third-order valence-corrected chi connectivity index (χ3v) is 7.00. The van der Waals surface area contributed by atoms with Gasteiger partial charge in [-0.1, -0.05) is 38.1 Å². The molecule has 0 aliphatic carbocycles. The topological polar surface area (TPSA) is 76.6 Å². The predicted octanol–water partition coefficient (Wildman–Crippen LogP) is 4.59. The molecule has 3 rings (SSSR count). The number of para-hydroxylation sites is 1. The van der Waals surface area contributed by atoms with Gasteiger partial charge in [-0.2, -0.15) is 4.31 Å². The summed E-state index contributed by atoms with van der Waals surface area (Å²) in [6.45, 7) is 4.74. The Balaban J connectivity index is 1.72. The average Bonchev–Trinajstić information content (AvgIpc) is 2.83. The molecule has 0 amide bonds. The monoisotopic (exact) mass is 450 g/mol. The molecule has 0 unspecified atom stereocenters. The molecule has 0 radical (unpaired) electrons. The van der Waals surface area contributed by atoms with Crippen molar-refractivity contribution in [3.05, 3.63) is 95.8 Å². The fourth-order valence-electron chi connectivity index (χ4n) is 3.16. The van der Waals surface area contributed by atoms with Crippen molar-refractivity contribution in [2.45, 2.75) is 25.3 Å². The van der Waals surface area contributed by atoms with Gasteiger partial charge in [-0.15, -0.1) is 0 Å². The average molecular weight is 451 g/mol. The van der Waals surface area contributed by atoms with Gasteiger partial charge in [-0.3, -0.25) is 9.78 Å². The van der Waals surface area contributed by atoms with Crippen LogP contribution in [0.15, 0.2) is 84.0 Å². The summed E-state index contributed by atoms with van der Waals surface area (Å²) in [6.07, 6.45) is 6.60. The quantitative estimate of drug-likeness (QED) is 0.334. The van der Waals surface area contributed by atoms with Crippen molar-refractivity contribution in [3.8, 4) is 5.75 Å². The molecule has 2 aromatic carbocycles. The second-order valence-electron chi connectivity index (χ2n) is 7.00. The molecule has 0 N–H and O–H groups in total. The summed E-state index contributed by atoms with van der Waals surface area (Å²) >= 11 is 0. The zero-order valence-corrected chi connectivity index (χ0v) is 19.0. The van der Waals surface area contributed by atoms with E-state index in [0.717, 1.165) is 11.1 Å². The standard InChI is InChI=1S/C25H26N2O4S/c1-3-27(4-2)32(29,30)23-14-11-21(12-15-23)24(28)16-13-22-9-5-6-10-25(22)31-19-20-8-7-17-26-18-20/h5-18H,3-4,19H2,1-2H3/b16-13+. The van der Waals surface area contributed by atoms with Crippen LogP contribution in [0.2, 0.25) is 0 Å². The van der Waals surface area contributed by atoms with E-state index in [4.69, 9.17) is 4.74 Å². The molecule has 1 heterocycles. The molecule has 6 nitrogen and oxygen atoms in total. The molecule has 0 aliphatic rings. The molecule has 32 heavy (non-hydrogen) atoms. The number of carbonyl (C=O) groups excluding carboxylic acids is 1. The van der Waals surface area contributed by atoms with Gasteiger partial charge in [0.1, 0.15) is 12.4 Å². The van der Waals surface area contributed by atoms with Crippen molar-refractivity contribution < 1.29 is 17.9 Å². The summed E-state index contributed by atoms with van der Waals surface area (Å²) < 4.78 is 32.5. The lowest BCUT2D eigenvalue weighted by molar-refractivity contribution is 0.104. The Morgan fingerprint density at radius 3 is 2.38 bits per heavy atom. The molecule has 1 aromatic heterocycles. The van der Waals surface area contributed by atoms with Crippen molar-refractivity contribution in [2.75, 3.05) is 13.1 Å². The Morgan fingerprint density at radius 1 is 1.00 bits per heavy atom. The van der Waals surface area contributed by atoms with Crippen LogP contribution in [-0.4, -0.2) is 36.6 Å². The van der Waals surface area contributed by atoms with Crippen molar-refractivity contribution in [3.63, 3.8) is 0 Å². The number of allylic oxidation sites excluding steroid dienone is 1. The Labute approximate surface area is 189 Å². The van der Waals surface area contributed by atoms with E-state index in [2.05, 4.69) is 4.98 Å². The van der Waals surface area contributed by atoms with E-state index in [1.165, 1.54) is 34.6 Å². The van der Waals surface area contributed by atoms with Gasteiger partial charge in [0.2, 0.25) is 10.0 Å². The van der Waals surface area contributed by atoms with Crippen LogP contribution in [0.1, 0.15) is 35.3 Å². The Kier molecular flexibility index (Phi) is 7.92. The summed E-state index contributed by atoms with van der Waals surface area (Å²) in [4.78, 5) is 16.9. The maximum Gasteiger partial charge on any atom is 0.243 e. The second kappa shape index (κ2) is 10.8. The molecular weight excluding hydrogens is 424 g/mol. The zero-order chi connectivity index (χ0) is 23.0. The lowest BCUT2D eigenvalue weighted by atomic mass is 10.1. The lowest BCUT2D eigenvalue weighted by Gasteiger charge is -2.18. The van der Waals surface area contributed by atoms with Crippen LogP contribution in [0.25, 0.3) is 6.08 Å².